The van der Waals surface area contributed by atoms with Gasteiger partial charge >= 0.3 is 5.97 Å². The number of pyridine rings is 1. The minimum Gasteiger partial charge on any atom is -0.464 e. The van der Waals surface area contributed by atoms with Gasteiger partial charge in [-0.15, -0.1) is 0 Å². The van der Waals surface area contributed by atoms with Gasteiger partial charge in [-0.3, -0.25) is 0 Å². The Hall–Kier alpha value is -2.63. The molecular weight excluding hydrogens is 282 g/mol. The highest BCUT2D eigenvalue weighted by molar-refractivity contribution is 5.87. The zero-order chi connectivity index (χ0) is 16.1. The van der Waals surface area contributed by atoms with Crippen LogP contribution in [0, 0.1) is 0 Å². The molecule has 0 unspecified atom stereocenters. The molecule has 0 bridgehead atoms. The first-order chi connectivity index (χ1) is 10.5. The predicted octanol–water partition coefficient (Wildman–Crippen LogP) is 2.87. The smallest absolute Gasteiger partial charge is 0.360 e. The van der Waals surface area contributed by atoms with Crippen molar-refractivity contribution in [3.8, 4) is 0 Å². The van der Waals surface area contributed by atoms with Crippen LogP contribution in [0.15, 0.2) is 29.0 Å². The third kappa shape index (κ3) is 3.72. The van der Waals surface area contributed by atoms with Crippen molar-refractivity contribution < 1.29 is 13.9 Å². The summed E-state index contributed by atoms with van der Waals surface area (Å²) in [5, 5.41) is 0. The SMILES string of the molecule is COC(=O)c1coc(/C=C/c2ccc(N(C)C(C)C)nc2)n1. The Kier molecular flexibility index (Phi) is 4.93. The topological polar surface area (TPSA) is 68.5 Å². The number of rotatable bonds is 5. The molecular formula is C16H19N3O3. The quantitative estimate of drug-likeness (QED) is 0.791. The summed E-state index contributed by atoms with van der Waals surface area (Å²) in [5.41, 5.74) is 1.06. The fourth-order valence-corrected chi connectivity index (χ4v) is 1.70. The van der Waals surface area contributed by atoms with Gasteiger partial charge in [-0.05, 0) is 37.6 Å². The summed E-state index contributed by atoms with van der Waals surface area (Å²) < 4.78 is 9.74. The van der Waals surface area contributed by atoms with Crippen LogP contribution in [0.25, 0.3) is 12.2 Å². The van der Waals surface area contributed by atoms with E-state index in [0.29, 0.717) is 11.9 Å². The van der Waals surface area contributed by atoms with Crippen LogP contribution in [0.1, 0.15) is 35.8 Å². The molecule has 0 aliphatic carbocycles. The van der Waals surface area contributed by atoms with Crippen molar-refractivity contribution in [2.45, 2.75) is 19.9 Å². The number of nitrogens with zero attached hydrogens (tertiary/aromatic N) is 3. The molecule has 0 spiro atoms. The second kappa shape index (κ2) is 6.89. The van der Waals surface area contributed by atoms with Crippen molar-refractivity contribution in [3.63, 3.8) is 0 Å². The first kappa shape index (κ1) is 15.8. The first-order valence-corrected chi connectivity index (χ1v) is 6.92. The number of carbonyl (C=O) groups excluding carboxylic acids is 1. The van der Waals surface area contributed by atoms with Gasteiger partial charge in [-0.2, -0.15) is 0 Å². The molecule has 0 radical (unpaired) electrons. The van der Waals surface area contributed by atoms with Gasteiger partial charge in [0.1, 0.15) is 12.1 Å². The van der Waals surface area contributed by atoms with Gasteiger partial charge in [0.15, 0.2) is 5.69 Å². The number of anilines is 1. The Morgan fingerprint density at radius 1 is 1.36 bits per heavy atom. The van der Waals surface area contributed by atoms with Crippen molar-refractivity contribution in [2.75, 3.05) is 19.1 Å². The second-order valence-corrected chi connectivity index (χ2v) is 5.05. The highest BCUT2D eigenvalue weighted by Gasteiger charge is 2.10. The first-order valence-electron chi connectivity index (χ1n) is 6.92. The van der Waals surface area contributed by atoms with Gasteiger partial charge in [-0.25, -0.2) is 14.8 Å². The lowest BCUT2D eigenvalue weighted by molar-refractivity contribution is 0.0594. The maximum atomic E-state index is 11.3. The largest absolute Gasteiger partial charge is 0.464 e. The maximum absolute atomic E-state index is 11.3. The zero-order valence-corrected chi connectivity index (χ0v) is 13.1. The molecule has 0 fully saturated rings. The summed E-state index contributed by atoms with van der Waals surface area (Å²) in [7, 11) is 3.30. The number of methoxy groups -OCH3 is 1. The molecule has 0 amide bonds. The molecule has 116 valence electrons. The van der Waals surface area contributed by atoms with Crippen LogP contribution in [0.5, 0.6) is 0 Å². The van der Waals surface area contributed by atoms with Gasteiger partial charge in [-0.1, -0.05) is 0 Å². The molecule has 0 saturated heterocycles. The van der Waals surface area contributed by atoms with Gasteiger partial charge in [0, 0.05) is 25.4 Å². The molecule has 0 aliphatic heterocycles. The summed E-state index contributed by atoms with van der Waals surface area (Å²) in [6, 6.07) is 4.30. The fraction of sp³-hybridized carbons (Fsp3) is 0.312. The lowest BCUT2D eigenvalue weighted by atomic mass is 10.2. The van der Waals surface area contributed by atoms with Crippen molar-refractivity contribution in [2.24, 2.45) is 0 Å². The Labute approximate surface area is 129 Å². The Bertz CT molecular complexity index is 660. The van der Waals surface area contributed by atoms with Gasteiger partial charge in [0.05, 0.1) is 7.11 Å². The molecule has 0 N–H and O–H groups in total. The maximum Gasteiger partial charge on any atom is 0.360 e. The Morgan fingerprint density at radius 2 is 2.14 bits per heavy atom. The van der Waals surface area contributed by atoms with Crippen molar-refractivity contribution >= 4 is 23.9 Å². The molecule has 22 heavy (non-hydrogen) atoms. The highest BCUT2D eigenvalue weighted by Crippen LogP contribution is 2.14. The third-order valence-electron chi connectivity index (χ3n) is 3.24. The molecule has 2 aromatic heterocycles. The number of ether oxygens (including phenoxy) is 1. The third-order valence-corrected chi connectivity index (χ3v) is 3.24. The summed E-state index contributed by atoms with van der Waals surface area (Å²) in [6.45, 7) is 4.22. The van der Waals surface area contributed by atoms with Gasteiger partial charge < -0.3 is 14.1 Å². The highest BCUT2D eigenvalue weighted by atomic mass is 16.5. The van der Waals surface area contributed by atoms with E-state index in [0.717, 1.165) is 11.4 Å². The number of hydrogen-bond donors (Lipinski definition) is 0. The van der Waals surface area contributed by atoms with Crippen molar-refractivity contribution in [3.05, 3.63) is 41.7 Å². The number of esters is 1. The summed E-state index contributed by atoms with van der Waals surface area (Å²) in [4.78, 5) is 21.8. The molecule has 6 nitrogen and oxygen atoms in total. The Morgan fingerprint density at radius 3 is 2.73 bits per heavy atom. The molecule has 2 rings (SSSR count). The molecule has 2 aromatic rings. The van der Waals surface area contributed by atoms with E-state index in [2.05, 4.69) is 33.5 Å². The minimum atomic E-state index is -0.522. The van der Waals surface area contributed by atoms with Crippen LogP contribution in [0.3, 0.4) is 0 Å². The van der Waals surface area contributed by atoms with Crippen LogP contribution < -0.4 is 4.90 Å². The Balaban J connectivity index is 2.07. The second-order valence-electron chi connectivity index (χ2n) is 5.05. The number of carbonyl (C=O) groups is 1. The van der Waals surface area contributed by atoms with Gasteiger partial charge in [0.25, 0.3) is 0 Å². The molecule has 6 heteroatoms. The van der Waals surface area contributed by atoms with E-state index in [-0.39, 0.29) is 5.69 Å². The summed E-state index contributed by atoms with van der Waals surface area (Å²) >= 11 is 0. The normalized spacial score (nSPS) is 11.1. The standard InChI is InChI=1S/C16H19N3O3/c1-11(2)19(3)14-7-5-12(9-17-14)6-8-15-18-13(10-22-15)16(20)21-4/h5-11H,1-4H3/b8-6+. The number of aromatic nitrogens is 2. The van der Waals surface area contributed by atoms with Crippen LogP contribution in [0.4, 0.5) is 5.82 Å². The van der Waals surface area contributed by atoms with E-state index in [9.17, 15) is 4.79 Å². The van der Waals surface area contributed by atoms with Crippen molar-refractivity contribution in [1.82, 2.24) is 9.97 Å². The van der Waals surface area contributed by atoms with E-state index in [1.165, 1.54) is 13.4 Å². The van der Waals surface area contributed by atoms with Crippen molar-refractivity contribution in [1.29, 1.82) is 0 Å². The average molecular weight is 301 g/mol. The van der Waals surface area contributed by atoms with E-state index in [1.807, 2.05) is 25.3 Å². The van der Waals surface area contributed by atoms with Crippen LogP contribution in [-0.4, -0.2) is 36.1 Å². The van der Waals surface area contributed by atoms with Crippen LogP contribution >= 0.6 is 0 Å². The van der Waals surface area contributed by atoms with Gasteiger partial charge in [0.2, 0.25) is 5.89 Å². The average Bonchev–Trinajstić information content (AvgIpc) is 3.00. The molecule has 0 atom stereocenters. The predicted molar refractivity (Wildman–Crippen MR) is 84.5 cm³/mol. The van der Waals surface area contributed by atoms with Crippen LogP contribution in [0.2, 0.25) is 0 Å². The summed E-state index contributed by atoms with van der Waals surface area (Å²) in [5.74, 6) is 0.728. The lowest BCUT2D eigenvalue weighted by Crippen LogP contribution is -2.26. The molecule has 0 aromatic carbocycles. The molecule has 0 saturated carbocycles. The van der Waals surface area contributed by atoms with E-state index < -0.39 is 5.97 Å². The monoisotopic (exact) mass is 301 g/mol. The van der Waals surface area contributed by atoms with E-state index in [1.54, 1.807) is 12.3 Å². The number of hydrogen-bond acceptors (Lipinski definition) is 6. The fourth-order valence-electron chi connectivity index (χ4n) is 1.70. The van der Waals surface area contributed by atoms with E-state index >= 15 is 0 Å². The minimum absolute atomic E-state index is 0.147. The van der Waals surface area contributed by atoms with Crippen LogP contribution in [-0.2, 0) is 4.74 Å². The molecule has 0 aliphatic rings. The molecule has 2 heterocycles. The van der Waals surface area contributed by atoms with E-state index in [4.69, 9.17) is 4.42 Å². The lowest BCUT2D eigenvalue weighted by Gasteiger charge is -2.22. The summed E-state index contributed by atoms with van der Waals surface area (Å²) in [6.07, 6.45) is 6.54. The zero-order valence-electron chi connectivity index (χ0n) is 13.1. The number of oxazole rings is 1.